The average molecular weight is 362 g/mol. The maximum absolute atomic E-state index is 6.15. The van der Waals surface area contributed by atoms with E-state index in [1.165, 1.54) is 0 Å². The highest BCUT2D eigenvalue weighted by atomic mass is 32.1. The molecule has 1 saturated heterocycles. The Labute approximate surface area is 154 Å². The highest BCUT2D eigenvalue weighted by molar-refractivity contribution is 7.21. The second-order valence-corrected chi connectivity index (χ2v) is 7.53. The van der Waals surface area contributed by atoms with E-state index in [0.717, 1.165) is 51.4 Å². The van der Waals surface area contributed by atoms with E-state index in [0.29, 0.717) is 11.9 Å². The fraction of sp³-hybridized carbons (Fsp3) is 0.211. The lowest BCUT2D eigenvalue weighted by atomic mass is 10.1. The quantitative estimate of drug-likeness (QED) is 0.584. The molecule has 0 bridgehead atoms. The van der Waals surface area contributed by atoms with Crippen LogP contribution in [0.25, 0.3) is 31.9 Å². The van der Waals surface area contributed by atoms with Gasteiger partial charge in [0.05, 0.1) is 28.0 Å². The Kier molecular flexibility index (Phi) is 3.69. The molecule has 0 amide bonds. The molecule has 3 aromatic heterocycles. The van der Waals surface area contributed by atoms with Crippen molar-refractivity contribution in [1.29, 1.82) is 0 Å². The summed E-state index contributed by atoms with van der Waals surface area (Å²) in [6.07, 6.45) is 6.90. The summed E-state index contributed by atoms with van der Waals surface area (Å²) in [6.45, 7) is 2.02. The van der Waals surface area contributed by atoms with E-state index in [2.05, 4.69) is 33.7 Å². The van der Waals surface area contributed by atoms with Crippen LogP contribution in [0.5, 0.6) is 0 Å². The molecule has 0 aliphatic carbocycles. The number of nitrogens with one attached hydrogen (secondary N) is 1. The number of nitrogens with zero attached hydrogens (tertiary/aromatic N) is 4. The Morgan fingerprint density at radius 2 is 2.12 bits per heavy atom. The van der Waals surface area contributed by atoms with E-state index in [9.17, 15) is 0 Å². The van der Waals surface area contributed by atoms with Crippen molar-refractivity contribution in [1.82, 2.24) is 25.1 Å². The van der Waals surface area contributed by atoms with Gasteiger partial charge in [0.2, 0.25) is 0 Å². The maximum atomic E-state index is 6.15. The van der Waals surface area contributed by atoms with Crippen LogP contribution in [0.4, 0.5) is 5.82 Å². The minimum absolute atomic E-state index is 0.425. The number of para-hydroxylation sites is 1. The SMILES string of the molecule is Nc1ncc(-c2cnn(C3CCNC3)c2)cc1-c1nc2ccccc2s1. The van der Waals surface area contributed by atoms with Gasteiger partial charge >= 0.3 is 0 Å². The molecule has 3 N–H and O–H groups in total. The summed E-state index contributed by atoms with van der Waals surface area (Å²) in [5.41, 5.74) is 10.1. The molecule has 1 unspecified atom stereocenters. The summed E-state index contributed by atoms with van der Waals surface area (Å²) in [5, 5.41) is 8.81. The number of nitrogens with two attached hydrogens (primary N) is 1. The zero-order chi connectivity index (χ0) is 17.5. The number of hydrogen-bond acceptors (Lipinski definition) is 6. The van der Waals surface area contributed by atoms with Gasteiger partial charge < -0.3 is 11.1 Å². The number of fused-ring (bicyclic) bond motifs is 1. The first kappa shape index (κ1) is 15.5. The van der Waals surface area contributed by atoms with E-state index >= 15 is 0 Å². The third kappa shape index (κ3) is 2.65. The van der Waals surface area contributed by atoms with Gasteiger partial charge in [0, 0.05) is 30.1 Å². The average Bonchev–Trinajstić information content (AvgIpc) is 3.40. The maximum Gasteiger partial charge on any atom is 0.133 e. The van der Waals surface area contributed by atoms with Crippen LogP contribution in [0.2, 0.25) is 0 Å². The lowest BCUT2D eigenvalue weighted by Crippen LogP contribution is -2.13. The molecule has 5 rings (SSSR count). The number of aromatic nitrogens is 4. The summed E-state index contributed by atoms with van der Waals surface area (Å²) < 4.78 is 3.19. The predicted molar refractivity (Wildman–Crippen MR) is 105 cm³/mol. The molecule has 4 heterocycles. The monoisotopic (exact) mass is 362 g/mol. The van der Waals surface area contributed by atoms with Crippen molar-refractivity contribution in [2.24, 2.45) is 0 Å². The van der Waals surface area contributed by atoms with Crippen LogP contribution in [0, 0.1) is 0 Å². The van der Waals surface area contributed by atoms with Gasteiger partial charge in [0.15, 0.2) is 0 Å². The molecule has 1 fully saturated rings. The minimum atomic E-state index is 0.425. The molecule has 1 aromatic carbocycles. The number of pyridine rings is 1. The zero-order valence-electron chi connectivity index (χ0n) is 14.1. The fourth-order valence-corrected chi connectivity index (χ4v) is 4.33. The Balaban J connectivity index is 1.54. The first-order valence-electron chi connectivity index (χ1n) is 8.64. The van der Waals surface area contributed by atoms with E-state index in [-0.39, 0.29) is 0 Å². The van der Waals surface area contributed by atoms with Crippen molar-refractivity contribution < 1.29 is 0 Å². The van der Waals surface area contributed by atoms with Crippen LogP contribution in [-0.2, 0) is 0 Å². The molecule has 0 spiro atoms. The molecule has 130 valence electrons. The lowest BCUT2D eigenvalue weighted by Gasteiger charge is -2.08. The first-order chi connectivity index (χ1) is 12.8. The molecule has 0 radical (unpaired) electrons. The molecule has 1 aliphatic rings. The van der Waals surface area contributed by atoms with Crippen LogP contribution in [0.1, 0.15) is 12.5 Å². The normalized spacial score (nSPS) is 17.2. The van der Waals surface area contributed by atoms with Crippen molar-refractivity contribution in [2.45, 2.75) is 12.5 Å². The minimum Gasteiger partial charge on any atom is -0.383 e. The molecule has 26 heavy (non-hydrogen) atoms. The van der Waals surface area contributed by atoms with Gasteiger partial charge in [-0.05, 0) is 31.2 Å². The smallest absolute Gasteiger partial charge is 0.133 e. The largest absolute Gasteiger partial charge is 0.383 e. The lowest BCUT2D eigenvalue weighted by molar-refractivity contribution is 0.491. The van der Waals surface area contributed by atoms with Crippen LogP contribution in [0.3, 0.4) is 0 Å². The van der Waals surface area contributed by atoms with E-state index in [4.69, 9.17) is 10.7 Å². The molecule has 1 atom stereocenters. The van der Waals surface area contributed by atoms with Gasteiger partial charge in [-0.15, -0.1) is 11.3 Å². The summed E-state index contributed by atoms with van der Waals surface area (Å²) in [4.78, 5) is 9.12. The number of nitrogen functional groups attached to an aromatic ring is 1. The van der Waals surface area contributed by atoms with Gasteiger partial charge in [0.1, 0.15) is 10.8 Å². The Morgan fingerprint density at radius 3 is 2.96 bits per heavy atom. The number of rotatable bonds is 3. The van der Waals surface area contributed by atoms with Gasteiger partial charge in [-0.25, -0.2) is 9.97 Å². The van der Waals surface area contributed by atoms with Crippen LogP contribution in [0.15, 0.2) is 48.9 Å². The highest BCUT2D eigenvalue weighted by Crippen LogP contribution is 2.35. The topological polar surface area (TPSA) is 81.6 Å². The van der Waals surface area contributed by atoms with Gasteiger partial charge in [-0.2, -0.15) is 5.10 Å². The van der Waals surface area contributed by atoms with Crippen molar-refractivity contribution in [2.75, 3.05) is 18.8 Å². The fourth-order valence-electron chi connectivity index (χ4n) is 3.34. The van der Waals surface area contributed by atoms with Crippen molar-refractivity contribution >= 4 is 27.4 Å². The molecular formula is C19H18N6S. The first-order valence-corrected chi connectivity index (χ1v) is 9.46. The second kappa shape index (κ2) is 6.19. The zero-order valence-corrected chi connectivity index (χ0v) is 14.9. The Morgan fingerprint density at radius 1 is 1.19 bits per heavy atom. The van der Waals surface area contributed by atoms with Crippen molar-refractivity contribution in [3.05, 3.63) is 48.9 Å². The number of hydrogen-bond donors (Lipinski definition) is 2. The molecule has 0 saturated carbocycles. The van der Waals surface area contributed by atoms with E-state index in [1.807, 2.05) is 29.1 Å². The van der Waals surface area contributed by atoms with Crippen LogP contribution >= 0.6 is 11.3 Å². The predicted octanol–water partition coefficient (Wildman–Crippen LogP) is 3.34. The molecular weight excluding hydrogens is 344 g/mol. The molecule has 4 aromatic rings. The van der Waals surface area contributed by atoms with Crippen molar-refractivity contribution in [3.8, 4) is 21.7 Å². The standard InChI is InChI=1S/C19H18N6S/c20-18-15(19-24-16-3-1-2-4-17(16)26-19)7-12(8-22-18)13-9-23-25(11-13)14-5-6-21-10-14/h1-4,7-9,11,14,21H,5-6,10H2,(H2,20,22). The molecule has 1 aliphatic heterocycles. The Bertz CT molecular complexity index is 1040. The number of anilines is 1. The summed E-state index contributed by atoms with van der Waals surface area (Å²) >= 11 is 1.63. The summed E-state index contributed by atoms with van der Waals surface area (Å²) in [5.74, 6) is 0.500. The molecule has 6 nitrogen and oxygen atoms in total. The number of thiazole rings is 1. The van der Waals surface area contributed by atoms with E-state index in [1.54, 1.807) is 17.5 Å². The summed E-state index contributed by atoms with van der Waals surface area (Å²) in [6, 6.07) is 10.6. The second-order valence-electron chi connectivity index (χ2n) is 6.50. The van der Waals surface area contributed by atoms with Gasteiger partial charge in [-0.3, -0.25) is 4.68 Å². The van der Waals surface area contributed by atoms with E-state index < -0.39 is 0 Å². The number of benzene rings is 1. The van der Waals surface area contributed by atoms with Crippen LogP contribution in [-0.4, -0.2) is 32.8 Å². The van der Waals surface area contributed by atoms with Crippen LogP contribution < -0.4 is 11.1 Å². The van der Waals surface area contributed by atoms with Crippen molar-refractivity contribution in [3.63, 3.8) is 0 Å². The highest BCUT2D eigenvalue weighted by Gasteiger charge is 2.18. The summed E-state index contributed by atoms with van der Waals surface area (Å²) in [7, 11) is 0. The molecule has 7 heteroatoms. The third-order valence-corrected chi connectivity index (χ3v) is 5.86. The van der Waals surface area contributed by atoms with Gasteiger partial charge in [-0.1, -0.05) is 12.1 Å². The third-order valence-electron chi connectivity index (χ3n) is 4.79. The van der Waals surface area contributed by atoms with Gasteiger partial charge in [0.25, 0.3) is 0 Å². The Hall–Kier alpha value is -2.77.